The van der Waals surface area contributed by atoms with Crippen molar-refractivity contribution in [2.24, 2.45) is 0 Å². The Labute approximate surface area is 140 Å². The maximum Gasteiger partial charge on any atom is 0.251 e. The number of likely N-dealkylation sites (N-methyl/N-ethyl adjacent to an activating group) is 1. The zero-order valence-electron chi connectivity index (χ0n) is 13.4. The summed E-state index contributed by atoms with van der Waals surface area (Å²) in [4.78, 5) is 17.0. The Balaban J connectivity index is 2.08. The molecule has 1 aromatic heterocycles. The molecule has 0 spiro atoms. The zero-order valence-corrected chi connectivity index (χ0v) is 15.1. The number of amides is 1. The normalized spacial score (nSPS) is 12.4. The Kier molecular flexibility index (Phi) is 6.06. The second-order valence-electron chi connectivity index (χ2n) is 5.39. The molecule has 0 saturated carbocycles. The molecule has 2 rings (SSSR count). The molecule has 0 fully saturated rings. The number of carbonyl (C=O) groups is 1. The number of thiophene rings is 1. The van der Waals surface area contributed by atoms with Crippen LogP contribution in [-0.4, -0.2) is 37.7 Å². The molecular weight excluding hydrogens is 312 g/mol. The number of nitrogens with zero attached hydrogens (tertiary/aromatic N) is 1. The molecule has 1 aromatic carbocycles. The SMILES string of the molecule is CSc1ccc(C)c(C(=O)NCC(c2cccs2)N(C)C)c1. The first-order valence-electron chi connectivity index (χ1n) is 7.15. The summed E-state index contributed by atoms with van der Waals surface area (Å²) in [6.07, 6.45) is 2.02. The van der Waals surface area contributed by atoms with E-state index in [4.69, 9.17) is 0 Å². The van der Waals surface area contributed by atoms with Gasteiger partial charge in [-0.3, -0.25) is 4.79 Å². The van der Waals surface area contributed by atoms with E-state index < -0.39 is 0 Å². The van der Waals surface area contributed by atoms with Crippen LogP contribution in [0.15, 0.2) is 40.6 Å². The predicted octanol–water partition coefficient (Wildman–Crippen LogP) is 3.81. The van der Waals surface area contributed by atoms with Gasteiger partial charge in [0.05, 0.1) is 6.04 Å². The highest BCUT2D eigenvalue weighted by Crippen LogP contribution is 2.23. The number of nitrogens with one attached hydrogen (secondary N) is 1. The van der Waals surface area contributed by atoms with Crippen molar-refractivity contribution in [2.75, 3.05) is 26.9 Å². The third kappa shape index (κ3) is 4.12. The van der Waals surface area contributed by atoms with Gasteiger partial charge in [0.15, 0.2) is 0 Å². The fourth-order valence-corrected chi connectivity index (χ4v) is 3.64. The van der Waals surface area contributed by atoms with Gasteiger partial charge >= 0.3 is 0 Å². The third-order valence-electron chi connectivity index (χ3n) is 3.64. The average Bonchev–Trinajstić information content (AvgIpc) is 3.01. The number of aryl methyl sites for hydroxylation is 1. The molecule has 1 amide bonds. The van der Waals surface area contributed by atoms with Crippen LogP contribution in [0.3, 0.4) is 0 Å². The Morgan fingerprint density at radius 2 is 2.14 bits per heavy atom. The van der Waals surface area contributed by atoms with E-state index in [1.165, 1.54) is 4.88 Å². The lowest BCUT2D eigenvalue weighted by molar-refractivity contribution is 0.0941. The Morgan fingerprint density at radius 3 is 2.73 bits per heavy atom. The molecule has 0 radical (unpaired) electrons. The van der Waals surface area contributed by atoms with Gasteiger partial charge in [0.2, 0.25) is 0 Å². The van der Waals surface area contributed by atoms with Crippen LogP contribution in [0.25, 0.3) is 0 Å². The highest BCUT2D eigenvalue weighted by Gasteiger charge is 2.17. The summed E-state index contributed by atoms with van der Waals surface area (Å²) in [6.45, 7) is 2.58. The summed E-state index contributed by atoms with van der Waals surface area (Å²) in [7, 11) is 4.08. The van der Waals surface area contributed by atoms with E-state index in [9.17, 15) is 4.79 Å². The van der Waals surface area contributed by atoms with Gasteiger partial charge in [-0.15, -0.1) is 23.1 Å². The van der Waals surface area contributed by atoms with Gasteiger partial charge in [-0.25, -0.2) is 0 Å². The summed E-state index contributed by atoms with van der Waals surface area (Å²) in [5.41, 5.74) is 1.77. The van der Waals surface area contributed by atoms with Crippen LogP contribution in [0.4, 0.5) is 0 Å². The second-order valence-corrected chi connectivity index (χ2v) is 7.24. The quantitative estimate of drug-likeness (QED) is 0.815. The summed E-state index contributed by atoms with van der Waals surface area (Å²) >= 11 is 3.37. The third-order valence-corrected chi connectivity index (χ3v) is 5.34. The van der Waals surface area contributed by atoms with Crippen LogP contribution in [0, 0.1) is 6.92 Å². The molecule has 2 aromatic rings. The maximum absolute atomic E-state index is 12.5. The summed E-state index contributed by atoms with van der Waals surface area (Å²) < 4.78 is 0. The molecule has 0 aliphatic heterocycles. The molecule has 0 bridgehead atoms. The minimum Gasteiger partial charge on any atom is -0.350 e. The van der Waals surface area contributed by atoms with E-state index in [0.29, 0.717) is 6.54 Å². The van der Waals surface area contributed by atoms with Crippen LogP contribution in [0.5, 0.6) is 0 Å². The number of hydrogen-bond donors (Lipinski definition) is 1. The van der Waals surface area contributed by atoms with Crippen LogP contribution >= 0.6 is 23.1 Å². The van der Waals surface area contributed by atoms with E-state index in [1.807, 2.05) is 51.5 Å². The minimum atomic E-state index is -0.00296. The second kappa shape index (κ2) is 7.81. The number of benzene rings is 1. The topological polar surface area (TPSA) is 32.3 Å². The smallest absolute Gasteiger partial charge is 0.251 e. The number of carbonyl (C=O) groups excluding carboxylic acids is 1. The Bertz CT molecular complexity index is 624. The molecule has 1 unspecified atom stereocenters. The van der Waals surface area contributed by atoms with Crippen molar-refractivity contribution < 1.29 is 4.79 Å². The van der Waals surface area contributed by atoms with Crippen molar-refractivity contribution >= 4 is 29.0 Å². The fraction of sp³-hybridized carbons (Fsp3) is 0.353. The monoisotopic (exact) mass is 334 g/mol. The molecule has 0 aliphatic carbocycles. The van der Waals surface area contributed by atoms with E-state index in [2.05, 4.69) is 21.7 Å². The summed E-state index contributed by atoms with van der Waals surface area (Å²) in [5, 5.41) is 5.15. The van der Waals surface area contributed by atoms with Crippen molar-refractivity contribution in [3.63, 3.8) is 0 Å². The number of hydrogen-bond acceptors (Lipinski definition) is 4. The summed E-state index contributed by atoms with van der Waals surface area (Å²) in [5.74, 6) is -0.00296. The van der Waals surface area contributed by atoms with E-state index >= 15 is 0 Å². The summed E-state index contributed by atoms with van der Waals surface area (Å²) in [6, 6.07) is 10.4. The van der Waals surface area contributed by atoms with Crippen LogP contribution in [0.1, 0.15) is 26.8 Å². The molecule has 1 heterocycles. The van der Waals surface area contributed by atoms with Gasteiger partial charge in [0.1, 0.15) is 0 Å². The lowest BCUT2D eigenvalue weighted by Gasteiger charge is -2.23. The number of thioether (sulfide) groups is 1. The fourth-order valence-electron chi connectivity index (χ4n) is 2.28. The molecule has 22 heavy (non-hydrogen) atoms. The van der Waals surface area contributed by atoms with Gasteiger partial charge < -0.3 is 10.2 Å². The van der Waals surface area contributed by atoms with Gasteiger partial charge in [-0.05, 0) is 56.4 Å². The van der Waals surface area contributed by atoms with Crippen molar-refractivity contribution in [3.05, 3.63) is 51.7 Å². The molecular formula is C17H22N2OS2. The highest BCUT2D eigenvalue weighted by atomic mass is 32.2. The van der Waals surface area contributed by atoms with Gasteiger partial charge in [-0.1, -0.05) is 12.1 Å². The van der Waals surface area contributed by atoms with E-state index in [1.54, 1.807) is 23.1 Å². The van der Waals surface area contributed by atoms with Gasteiger partial charge in [0, 0.05) is 21.9 Å². The minimum absolute atomic E-state index is 0.00296. The van der Waals surface area contributed by atoms with Crippen molar-refractivity contribution in [2.45, 2.75) is 17.9 Å². The first-order valence-corrected chi connectivity index (χ1v) is 9.26. The van der Waals surface area contributed by atoms with Crippen LogP contribution < -0.4 is 5.32 Å². The van der Waals surface area contributed by atoms with Crippen LogP contribution in [-0.2, 0) is 0 Å². The molecule has 3 nitrogen and oxygen atoms in total. The number of rotatable bonds is 6. The Hall–Kier alpha value is -1.30. The maximum atomic E-state index is 12.5. The van der Waals surface area contributed by atoms with Crippen molar-refractivity contribution in [1.29, 1.82) is 0 Å². The lowest BCUT2D eigenvalue weighted by Crippen LogP contribution is -2.34. The van der Waals surface area contributed by atoms with Crippen molar-refractivity contribution in [1.82, 2.24) is 10.2 Å². The molecule has 5 heteroatoms. The average molecular weight is 335 g/mol. The lowest BCUT2D eigenvalue weighted by atomic mass is 10.1. The highest BCUT2D eigenvalue weighted by molar-refractivity contribution is 7.98. The standard InChI is InChI=1S/C17H22N2OS2/c1-12-7-8-13(21-4)10-14(12)17(20)18-11-15(19(2)3)16-6-5-9-22-16/h5-10,15H,11H2,1-4H3,(H,18,20). The molecule has 0 aliphatic rings. The van der Waals surface area contributed by atoms with Gasteiger partial charge in [-0.2, -0.15) is 0 Å². The molecule has 118 valence electrons. The first kappa shape index (κ1) is 17.1. The van der Waals surface area contributed by atoms with Gasteiger partial charge in [0.25, 0.3) is 5.91 Å². The molecule has 1 atom stereocenters. The molecule has 1 N–H and O–H groups in total. The van der Waals surface area contributed by atoms with Crippen LogP contribution in [0.2, 0.25) is 0 Å². The Morgan fingerprint density at radius 1 is 1.36 bits per heavy atom. The van der Waals surface area contributed by atoms with E-state index in [0.717, 1.165) is 16.0 Å². The first-order chi connectivity index (χ1) is 10.5. The largest absolute Gasteiger partial charge is 0.350 e. The zero-order chi connectivity index (χ0) is 16.1. The van der Waals surface area contributed by atoms with Crippen molar-refractivity contribution in [3.8, 4) is 0 Å². The predicted molar refractivity (Wildman–Crippen MR) is 96.0 cm³/mol. The van der Waals surface area contributed by atoms with E-state index in [-0.39, 0.29) is 11.9 Å². The molecule has 0 saturated heterocycles.